The zero-order chi connectivity index (χ0) is 9.26. The largest absolute Gasteiger partial charge is 0.385 e. The molecule has 5 heteroatoms. The molecule has 68 valence electrons. The van der Waals surface area contributed by atoms with Crippen molar-refractivity contribution in [3.8, 4) is 11.5 Å². The van der Waals surface area contributed by atoms with E-state index in [1.807, 2.05) is 14.0 Å². The third-order valence-electron chi connectivity index (χ3n) is 1.85. The van der Waals surface area contributed by atoms with E-state index in [9.17, 15) is 0 Å². The molecule has 0 atom stereocenters. The van der Waals surface area contributed by atoms with Crippen LogP contribution in [0.2, 0.25) is 0 Å². The predicted molar refractivity (Wildman–Crippen MR) is 50.5 cm³/mol. The van der Waals surface area contributed by atoms with Gasteiger partial charge in [0.05, 0.1) is 11.9 Å². The summed E-state index contributed by atoms with van der Waals surface area (Å²) in [7, 11) is 1.85. The molecule has 0 amide bonds. The Bertz CT molecular complexity index is 400. The molecular formula is C8H11N5. The van der Waals surface area contributed by atoms with E-state index >= 15 is 0 Å². The zero-order valence-electron chi connectivity index (χ0n) is 7.55. The molecule has 0 aliphatic heterocycles. The molecule has 2 rings (SSSR count). The van der Waals surface area contributed by atoms with Crippen molar-refractivity contribution in [3.63, 3.8) is 0 Å². The van der Waals surface area contributed by atoms with Crippen molar-refractivity contribution >= 4 is 5.69 Å². The van der Waals surface area contributed by atoms with Crippen LogP contribution in [0.25, 0.3) is 11.5 Å². The molecule has 5 nitrogen and oxygen atoms in total. The van der Waals surface area contributed by atoms with Crippen molar-refractivity contribution in [2.45, 2.75) is 6.92 Å². The number of aryl methyl sites for hydroxylation is 1. The van der Waals surface area contributed by atoms with Crippen molar-refractivity contribution in [1.29, 1.82) is 0 Å². The predicted octanol–water partition coefficient (Wildman–Crippen LogP) is 1.15. The van der Waals surface area contributed by atoms with Gasteiger partial charge in [-0.05, 0) is 6.92 Å². The SMILES string of the molecule is CNc1cn[nH]c1-c1ncc(C)[nH]1. The maximum absolute atomic E-state index is 4.20. The molecule has 0 saturated carbocycles. The van der Waals surface area contributed by atoms with Crippen LogP contribution >= 0.6 is 0 Å². The molecule has 0 aliphatic rings. The van der Waals surface area contributed by atoms with Crippen molar-refractivity contribution in [2.75, 3.05) is 12.4 Å². The fourth-order valence-corrected chi connectivity index (χ4v) is 1.20. The molecule has 3 N–H and O–H groups in total. The first kappa shape index (κ1) is 7.85. The summed E-state index contributed by atoms with van der Waals surface area (Å²) in [5, 5.41) is 9.84. The summed E-state index contributed by atoms with van der Waals surface area (Å²) in [6, 6.07) is 0. The first-order valence-corrected chi connectivity index (χ1v) is 4.04. The first-order valence-electron chi connectivity index (χ1n) is 4.04. The topological polar surface area (TPSA) is 69.4 Å². The van der Waals surface area contributed by atoms with Gasteiger partial charge in [0.25, 0.3) is 0 Å². The second-order valence-electron chi connectivity index (χ2n) is 2.82. The van der Waals surface area contributed by atoms with E-state index in [1.54, 1.807) is 12.4 Å². The summed E-state index contributed by atoms with van der Waals surface area (Å²) in [5.74, 6) is 0.805. The van der Waals surface area contributed by atoms with Crippen LogP contribution in [0.5, 0.6) is 0 Å². The quantitative estimate of drug-likeness (QED) is 0.644. The average molecular weight is 177 g/mol. The number of nitrogens with one attached hydrogen (secondary N) is 3. The van der Waals surface area contributed by atoms with Gasteiger partial charge in [0.2, 0.25) is 0 Å². The smallest absolute Gasteiger partial charge is 0.157 e. The Labute approximate surface area is 75.6 Å². The van der Waals surface area contributed by atoms with E-state index in [0.29, 0.717) is 0 Å². The molecule has 0 spiro atoms. The van der Waals surface area contributed by atoms with E-state index in [4.69, 9.17) is 0 Å². The second-order valence-corrected chi connectivity index (χ2v) is 2.82. The lowest BCUT2D eigenvalue weighted by Crippen LogP contribution is -1.90. The van der Waals surface area contributed by atoms with Crippen LogP contribution in [-0.4, -0.2) is 27.2 Å². The number of anilines is 1. The standard InChI is InChI=1S/C8H11N5/c1-5-3-10-8(12-5)7-6(9-2)4-11-13-7/h3-4,9H,1-2H3,(H,10,12)(H,11,13). The van der Waals surface area contributed by atoms with Crippen molar-refractivity contribution in [2.24, 2.45) is 0 Å². The van der Waals surface area contributed by atoms with Crippen LogP contribution < -0.4 is 5.32 Å². The monoisotopic (exact) mass is 177 g/mol. The highest BCUT2D eigenvalue weighted by Crippen LogP contribution is 2.21. The van der Waals surface area contributed by atoms with Crippen LogP contribution in [-0.2, 0) is 0 Å². The number of imidazole rings is 1. The fourth-order valence-electron chi connectivity index (χ4n) is 1.20. The van der Waals surface area contributed by atoms with Gasteiger partial charge in [-0.15, -0.1) is 0 Å². The molecular weight excluding hydrogens is 166 g/mol. The summed E-state index contributed by atoms with van der Waals surface area (Å²) in [6.45, 7) is 1.96. The lowest BCUT2D eigenvalue weighted by Gasteiger charge is -1.97. The van der Waals surface area contributed by atoms with Crippen LogP contribution in [0.4, 0.5) is 5.69 Å². The molecule has 0 saturated heterocycles. The number of rotatable bonds is 2. The molecule has 2 aromatic heterocycles. The van der Waals surface area contributed by atoms with Gasteiger partial charge in [0.1, 0.15) is 5.69 Å². The molecule has 0 aromatic carbocycles. The number of hydrogen-bond donors (Lipinski definition) is 3. The Morgan fingerprint density at radius 1 is 1.38 bits per heavy atom. The molecule has 0 radical (unpaired) electrons. The van der Waals surface area contributed by atoms with Crippen LogP contribution in [0.3, 0.4) is 0 Å². The zero-order valence-corrected chi connectivity index (χ0v) is 7.55. The Balaban J connectivity index is 2.45. The van der Waals surface area contributed by atoms with Gasteiger partial charge in [-0.3, -0.25) is 5.10 Å². The van der Waals surface area contributed by atoms with Gasteiger partial charge < -0.3 is 10.3 Å². The molecule has 0 unspecified atom stereocenters. The van der Waals surface area contributed by atoms with Gasteiger partial charge in [-0.1, -0.05) is 0 Å². The summed E-state index contributed by atoms with van der Waals surface area (Å²) < 4.78 is 0. The van der Waals surface area contributed by atoms with Gasteiger partial charge in [0.15, 0.2) is 5.82 Å². The average Bonchev–Trinajstić information content (AvgIpc) is 2.71. The molecule has 13 heavy (non-hydrogen) atoms. The maximum atomic E-state index is 4.20. The minimum absolute atomic E-state index is 0.805. The Kier molecular flexibility index (Phi) is 1.77. The fraction of sp³-hybridized carbons (Fsp3) is 0.250. The van der Waals surface area contributed by atoms with Crippen molar-refractivity contribution in [1.82, 2.24) is 20.2 Å². The summed E-state index contributed by atoms with van der Waals surface area (Å²) in [6.07, 6.45) is 3.52. The third-order valence-corrected chi connectivity index (χ3v) is 1.85. The third kappa shape index (κ3) is 1.28. The lowest BCUT2D eigenvalue weighted by atomic mass is 10.3. The highest BCUT2D eigenvalue weighted by Gasteiger charge is 2.08. The molecule has 0 aliphatic carbocycles. The molecule has 2 heterocycles. The first-order chi connectivity index (χ1) is 6.31. The van der Waals surface area contributed by atoms with Crippen molar-refractivity contribution in [3.05, 3.63) is 18.1 Å². The van der Waals surface area contributed by atoms with Gasteiger partial charge in [-0.25, -0.2) is 4.98 Å². The second kappa shape index (κ2) is 2.93. The highest BCUT2D eigenvalue weighted by atomic mass is 15.2. The van der Waals surface area contributed by atoms with E-state index in [0.717, 1.165) is 22.9 Å². The van der Waals surface area contributed by atoms with E-state index in [1.165, 1.54) is 0 Å². The lowest BCUT2D eigenvalue weighted by molar-refractivity contribution is 1.08. The van der Waals surface area contributed by atoms with Crippen LogP contribution in [0, 0.1) is 6.92 Å². The van der Waals surface area contributed by atoms with E-state index < -0.39 is 0 Å². The number of H-pyrrole nitrogens is 2. The Hall–Kier alpha value is -1.78. The number of aromatic nitrogens is 4. The molecule has 2 aromatic rings. The Morgan fingerprint density at radius 2 is 2.23 bits per heavy atom. The highest BCUT2D eigenvalue weighted by molar-refractivity contribution is 5.68. The number of nitrogens with zero attached hydrogens (tertiary/aromatic N) is 2. The van der Waals surface area contributed by atoms with E-state index in [-0.39, 0.29) is 0 Å². The Morgan fingerprint density at radius 3 is 2.85 bits per heavy atom. The minimum atomic E-state index is 0.805. The summed E-state index contributed by atoms with van der Waals surface area (Å²) in [4.78, 5) is 7.33. The van der Waals surface area contributed by atoms with Gasteiger partial charge in [0, 0.05) is 18.9 Å². The van der Waals surface area contributed by atoms with E-state index in [2.05, 4.69) is 25.5 Å². The van der Waals surface area contributed by atoms with Crippen molar-refractivity contribution < 1.29 is 0 Å². The maximum Gasteiger partial charge on any atom is 0.157 e. The number of hydrogen-bond acceptors (Lipinski definition) is 3. The van der Waals surface area contributed by atoms with Gasteiger partial charge in [-0.2, -0.15) is 5.10 Å². The minimum Gasteiger partial charge on any atom is -0.385 e. The van der Waals surface area contributed by atoms with Gasteiger partial charge >= 0.3 is 0 Å². The normalized spacial score (nSPS) is 10.3. The number of aromatic amines is 2. The molecule has 0 fully saturated rings. The summed E-state index contributed by atoms with van der Waals surface area (Å²) in [5.41, 5.74) is 2.86. The van der Waals surface area contributed by atoms with Crippen LogP contribution in [0.15, 0.2) is 12.4 Å². The molecule has 0 bridgehead atoms. The summed E-state index contributed by atoms with van der Waals surface area (Å²) >= 11 is 0. The van der Waals surface area contributed by atoms with Crippen LogP contribution in [0.1, 0.15) is 5.69 Å².